The first kappa shape index (κ1) is 18.5. The van der Waals surface area contributed by atoms with Gasteiger partial charge >= 0.3 is 0 Å². The van der Waals surface area contributed by atoms with Crippen molar-refractivity contribution in [3.8, 4) is 5.69 Å². The van der Waals surface area contributed by atoms with Crippen molar-refractivity contribution in [2.24, 2.45) is 0 Å². The maximum atomic E-state index is 6.19. The number of rotatable bonds is 5. The molecule has 0 aliphatic rings. The molecular formula is C21H19ClN8. The molecule has 0 aliphatic carbocycles. The number of pyridine rings is 1. The molecular weight excluding hydrogens is 400 g/mol. The highest BCUT2D eigenvalue weighted by Crippen LogP contribution is 2.25. The Bertz CT molecular complexity index is 1350. The van der Waals surface area contributed by atoms with Crippen molar-refractivity contribution in [2.75, 3.05) is 5.32 Å². The molecule has 30 heavy (non-hydrogen) atoms. The van der Waals surface area contributed by atoms with Crippen molar-refractivity contribution in [1.82, 2.24) is 34.3 Å². The quantitative estimate of drug-likeness (QED) is 0.425. The zero-order chi connectivity index (χ0) is 20.7. The number of para-hydroxylation sites is 1. The number of benzene rings is 1. The van der Waals surface area contributed by atoms with Gasteiger partial charge in [-0.25, -0.2) is 9.67 Å². The molecule has 8 nitrogen and oxygen atoms in total. The van der Waals surface area contributed by atoms with Crippen LogP contribution < -0.4 is 5.32 Å². The van der Waals surface area contributed by atoms with Crippen LogP contribution in [0.15, 0.2) is 55.2 Å². The van der Waals surface area contributed by atoms with Gasteiger partial charge in [0.2, 0.25) is 5.28 Å². The van der Waals surface area contributed by atoms with Gasteiger partial charge in [-0.05, 0) is 43.1 Å². The molecule has 1 aromatic carbocycles. The molecule has 1 N–H and O–H groups in total. The number of imidazole rings is 1. The van der Waals surface area contributed by atoms with E-state index in [2.05, 4.69) is 50.3 Å². The fourth-order valence-corrected chi connectivity index (χ4v) is 3.66. The monoisotopic (exact) mass is 418 g/mol. The molecule has 0 aliphatic heterocycles. The van der Waals surface area contributed by atoms with Crippen LogP contribution in [0.5, 0.6) is 0 Å². The summed E-state index contributed by atoms with van der Waals surface area (Å²) in [4.78, 5) is 17.5. The van der Waals surface area contributed by atoms with Crippen LogP contribution in [-0.4, -0.2) is 34.3 Å². The van der Waals surface area contributed by atoms with Crippen molar-refractivity contribution in [2.45, 2.75) is 26.4 Å². The Balaban J connectivity index is 1.52. The molecule has 0 saturated carbocycles. The minimum Gasteiger partial charge on any atom is -0.364 e. The van der Waals surface area contributed by atoms with Crippen molar-refractivity contribution in [1.29, 1.82) is 0 Å². The van der Waals surface area contributed by atoms with Gasteiger partial charge in [0.15, 0.2) is 17.0 Å². The maximum absolute atomic E-state index is 6.19. The smallest absolute Gasteiger partial charge is 0.226 e. The van der Waals surface area contributed by atoms with Crippen molar-refractivity contribution < 1.29 is 0 Å². The Labute approximate surface area is 177 Å². The zero-order valence-electron chi connectivity index (χ0n) is 16.5. The normalized spacial score (nSPS) is 11.6. The van der Waals surface area contributed by atoms with E-state index in [0.717, 1.165) is 22.2 Å². The van der Waals surface area contributed by atoms with E-state index >= 15 is 0 Å². The van der Waals surface area contributed by atoms with Crippen molar-refractivity contribution in [3.63, 3.8) is 0 Å². The molecule has 0 bridgehead atoms. The van der Waals surface area contributed by atoms with Gasteiger partial charge in [-0.2, -0.15) is 15.1 Å². The van der Waals surface area contributed by atoms with E-state index in [4.69, 9.17) is 11.6 Å². The molecule has 0 fully saturated rings. The van der Waals surface area contributed by atoms with Crippen LogP contribution in [0.4, 0.5) is 5.82 Å². The van der Waals surface area contributed by atoms with Crippen LogP contribution in [0, 0.1) is 0 Å². The number of halogens is 1. The molecule has 150 valence electrons. The highest BCUT2D eigenvalue weighted by atomic mass is 35.5. The highest BCUT2D eigenvalue weighted by molar-refractivity contribution is 6.28. The number of nitrogens with zero attached hydrogens (tertiary/aromatic N) is 7. The largest absolute Gasteiger partial charge is 0.364 e. The van der Waals surface area contributed by atoms with Gasteiger partial charge in [0.05, 0.1) is 29.9 Å². The highest BCUT2D eigenvalue weighted by Gasteiger charge is 2.15. The zero-order valence-corrected chi connectivity index (χ0v) is 17.2. The second-order valence-electron chi connectivity index (χ2n) is 7.23. The van der Waals surface area contributed by atoms with Crippen LogP contribution in [0.25, 0.3) is 27.8 Å². The van der Waals surface area contributed by atoms with Crippen LogP contribution in [0.3, 0.4) is 0 Å². The van der Waals surface area contributed by atoms with E-state index in [1.165, 1.54) is 0 Å². The summed E-state index contributed by atoms with van der Waals surface area (Å²) in [6.07, 6.45) is 7.19. The van der Waals surface area contributed by atoms with E-state index < -0.39 is 0 Å². The fraction of sp³-hybridized carbons (Fsp3) is 0.190. The van der Waals surface area contributed by atoms with Gasteiger partial charge in [0, 0.05) is 24.2 Å². The Hall–Kier alpha value is -3.52. The summed E-state index contributed by atoms with van der Waals surface area (Å²) in [5.74, 6) is 0.603. The summed E-state index contributed by atoms with van der Waals surface area (Å²) < 4.78 is 3.88. The second-order valence-corrected chi connectivity index (χ2v) is 7.57. The van der Waals surface area contributed by atoms with Gasteiger partial charge in [-0.1, -0.05) is 18.2 Å². The third kappa shape index (κ3) is 3.15. The van der Waals surface area contributed by atoms with Gasteiger partial charge in [-0.3, -0.25) is 4.98 Å². The Morgan fingerprint density at radius 1 is 1.10 bits per heavy atom. The first-order chi connectivity index (χ1) is 14.6. The van der Waals surface area contributed by atoms with E-state index in [1.54, 1.807) is 12.5 Å². The summed E-state index contributed by atoms with van der Waals surface area (Å²) in [5, 5.41) is 9.16. The lowest BCUT2D eigenvalue weighted by molar-refractivity contribution is 0.612. The third-order valence-electron chi connectivity index (χ3n) is 4.99. The van der Waals surface area contributed by atoms with Crippen LogP contribution in [-0.2, 0) is 6.54 Å². The van der Waals surface area contributed by atoms with Crippen molar-refractivity contribution >= 4 is 39.5 Å². The van der Waals surface area contributed by atoms with Gasteiger partial charge in [-0.15, -0.1) is 0 Å². The molecule has 0 amide bonds. The number of hydrogen-bond acceptors (Lipinski definition) is 6. The third-order valence-corrected chi connectivity index (χ3v) is 5.16. The average molecular weight is 419 g/mol. The predicted molar refractivity (Wildman–Crippen MR) is 117 cm³/mol. The lowest BCUT2D eigenvalue weighted by Crippen LogP contribution is -2.08. The molecule has 0 saturated heterocycles. The minimum atomic E-state index is 0.185. The van der Waals surface area contributed by atoms with Gasteiger partial charge in [0.25, 0.3) is 0 Å². The Kier molecular flexibility index (Phi) is 4.55. The van der Waals surface area contributed by atoms with E-state index in [0.29, 0.717) is 23.5 Å². The molecule has 0 spiro atoms. The number of fused-ring (bicyclic) bond motifs is 2. The molecule has 0 radical (unpaired) electrons. The van der Waals surface area contributed by atoms with Gasteiger partial charge in [0.1, 0.15) is 0 Å². The SMILES string of the molecule is CC(C)n1cnc2c(NCc3ccccc3-n3ncc4ccncc43)nc(Cl)nc21. The molecule has 0 atom stereocenters. The minimum absolute atomic E-state index is 0.185. The lowest BCUT2D eigenvalue weighted by Gasteiger charge is -2.13. The molecule has 0 unspecified atom stereocenters. The van der Waals surface area contributed by atoms with Crippen LogP contribution in [0.2, 0.25) is 5.28 Å². The standard InChI is InChI=1S/C21H19ClN8/c1-13(2)29-12-25-18-19(27-21(22)28-20(18)29)24-9-14-5-3-4-6-16(14)30-17-11-23-8-7-15(17)10-26-30/h3-8,10-13H,9H2,1-2H3,(H,24,27,28). The van der Waals surface area contributed by atoms with Crippen LogP contribution >= 0.6 is 11.6 Å². The fourth-order valence-electron chi connectivity index (χ4n) is 3.49. The van der Waals surface area contributed by atoms with Crippen molar-refractivity contribution in [3.05, 3.63) is 66.1 Å². The topological polar surface area (TPSA) is 86.3 Å². The summed E-state index contributed by atoms with van der Waals surface area (Å²) in [6.45, 7) is 4.67. The predicted octanol–water partition coefficient (Wildman–Crippen LogP) is 4.41. The van der Waals surface area contributed by atoms with Crippen LogP contribution in [0.1, 0.15) is 25.5 Å². The summed E-state index contributed by atoms with van der Waals surface area (Å²) >= 11 is 6.19. The molecule has 4 aromatic heterocycles. The number of aromatic nitrogens is 7. The molecule has 4 heterocycles. The Morgan fingerprint density at radius 2 is 1.97 bits per heavy atom. The summed E-state index contributed by atoms with van der Waals surface area (Å²) in [5.41, 5.74) is 4.38. The van der Waals surface area contributed by atoms with E-state index in [1.807, 2.05) is 45.9 Å². The maximum Gasteiger partial charge on any atom is 0.226 e. The molecule has 5 rings (SSSR count). The first-order valence-corrected chi connectivity index (χ1v) is 9.99. The van der Waals surface area contributed by atoms with Gasteiger partial charge < -0.3 is 9.88 Å². The number of hydrogen-bond donors (Lipinski definition) is 1. The number of nitrogens with one attached hydrogen (secondary N) is 1. The number of anilines is 1. The summed E-state index contributed by atoms with van der Waals surface area (Å²) in [6, 6.07) is 10.2. The lowest BCUT2D eigenvalue weighted by atomic mass is 10.1. The van der Waals surface area contributed by atoms with E-state index in [9.17, 15) is 0 Å². The molecule has 9 heteroatoms. The van der Waals surface area contributed by atoms with E-state index in [-0.39, 0.29) is 11.3 Å². The Morgan fingerprint density at radius 3 is 2.83 bits per heavy atom. The molecule has 5 aromatic rings. The first-order valence-electron chi connectivity index (χ1n) is 9.62. The summed E-state index contributed by atoms with van der Waals surface area (Å²) in [7, 11) is 0. The average Bonchev–Trinajstić information content (AvgIpc) is 3.36. The second kappa shape index (κ2) is 7.38.